The van der Waals surface area contributed by atoms with Gasteiger partial charge in [0, 0.05) is 28.4 Å². The summed E-state index contributed by atoms with van der Waals surface area (Å²) in [4.78, 5) is 27.1. The van der Waals surface area contributed by atoms with Crippen molar-refractivity contribution >= 4 is 44.2 Å². The van der Waals surface area contributed by atoms with Gasteiger partial charge in [-0.2, -0.15) is 0 Å². The fourth-order valence-electron chi connectivity index (χ4n) is 4.06. The van der Waals surface area contributed by atoms with Crippen LogP contribution in [-0.4, -0.2) is 34.1 Å². The predicted octanol–water partition coefficient (Wildman–Crippen LogP) is 3.86. The number of thiophene rings is 1. The van der Waals surface area contributed by atoms with Crippen molar-refractivity contribution < 1.29 is 9.53 Å². The fraction of sp³-hybridized carbons (Fsp3) is 0.286. The van der Waals surface area contributed by atoms with Crippen molar-refractivity contribution in [2.24, 2.45) is 0 Å². The SMILES string of the molecule is COC(=O)[C@@H](Cc1c[nH]c2ccccc12)Nc1ncnc2sc3c(c12)CCC3. The number of methoxy groups -OCH3 is 1. The van der Waals surface area contributed by atoms with Crippen LogP contribution in [-0.2, 0) is 28.8 Å². The molecule has 0 amide bonds. The molecule has 1 atom stereocenters. The van der Waals surface area contributed by atoms with Gasteiger partial charge in [0.05, 0.1) is 12.5 Å². The van der Waals surface area contributed by atoms with Gasteiger partial charge in [0.25, 0.3) is 0 Å². The highest BCUT2D eigenvalue weighted by molar-refractivity contribution is 7.19. The molecular formula is C21H20N4O2S. The first-order valence-corrected chi connectivity index (χ1v) is 10.2. The number of aryl methyl sites for hydroxylation is 2. The summed E-state index contributed by atoms with van der Waals surface area (Å²) >= 11 is 1.74. The third-order valence-electron chi connectivity index (χ3n) is 5.40. The highest BCUT2D eigenvalue weighted by atomic mass is 32.1. The Hall–Kier alpha value is -2.93. The van der Waals surface area contributed by atoms with Gasteiger partial charge in [-0.3, -0.25) is 0 Å². The molecular weight excluding hydrogens is 372 g/mol. The third-order valence-corrected chi connectivity index (χ3v) is 6.60. The summed E-state index contributed by atoms with van der Waals surface area (Å²) in [5.41, 5.74) is 3.46. The molecule has 0 bridgehead atoms. The van der Waals surface area contributed by atoms with Crippen LogP contribution in [0.5, 0.6) is 0 Å². The maximum absolute atomic E-state index is 12.6. The van der Waals surface area contributed by atoms with Crippen LogP contribution in [0.25, 0.3) is 21.1 Å². The van der Waals surface area contributed by atoms with Crippen LogP contribution in [0, 0.1) is 0 Å². The third kappa shape index (κ3) is 2.82. The number of ether oxygens (including phenoxy) is 1. The van der Waals surface area contributed by atoms with E-state index in [-0.39, 0.29) is 5.97 Å². The van der Waals surface area contributed by atoms with E-state index in [0.29, 0.717) is 6.42 Å². The van der Waals surface area contributed by atoms with E-state index in [4.69, 9.17) is 4.74 Å². The van der Waals surface area contributed by atoms with Gasteiger partial charge in [-0.15, -0.1) is 11.3 Å². The van der Waals surface area contributed by atoms with Crippen molar-refractivity contribution in [1.29, 1.82) is 0 Å². The lowest BCUT2D eigenvalue weighted by Gasteiger charge is -2.17. The minimum atomic E-state index is -0.528. The van der Waals surface area contributed by atoms with Gasteiger partial charge in [0.2, 0.25) is 0 Å². The van der Waals surface area contributed by atoms with Crippen molar-refractivity contribution in [1.82, 2.24) is 15.0 Å². The summed E-state index contributed by atoms with van der Waals surface area (Å²) in [6, 6.07) is 7.56. The number of H-pyrrole nitrogens is 1. The number of hydrogen-bond donors (Lipinski definition) is 2. The van der Waals surface area contributed by atoms with E-state index in [0.717, 1.165) is 45.3 Å². The normalized spacial score (nSPS) is 14.3. The van der Waals surface area contributed by atoms with Crippen LogP contribution in [0.4, 0.5) is 5.82 Å². The molecule has 0 saturated carbocycles. The van der Waals surface area contributed by atoms with Crippen molar-refractivity contribution in [2.45, 2.75) is 31.7 Å². The minimum Gasteiger partial charge on any atom is -0.467 e. The first-order valence-electron chi connectivity index (χ1n) is 9.39. The highest BCUT2D eigenvalue weighted by Crippen LogP contribution is 2.39. The van der Waals surface area contributed by atoms with Crippen LogP contribution in [0.1, 0.15) is 22.4 Å². The largest absolute Gasteiger partial charge is 0.467 e. The molecule has 1 aliphatic carbocycles. The Balaban J connectivity index is 1.52. The number of esters is 1. The lowest BCUT2D eigenvalue weighted by Crippen LogP contribution is -2.33. The number of hydrogen-bond acceptors (Lipinski definition) is 6. The van der Waals surface area contributed by atoms with E-state index in [1.165, 1.54) is 24.0 Å². The molecule has 1 aromatic carbocycles. The summed E-state index contributed by atoms with van der Waals surface area (Å²) in [7, 11) is 1.42. The lowest BCUT2D eigenvalue weighted by molar-refractivity contribution is -0.141. The molecule has 0 aliphatic heterocycles. The van der Waals surface area contributed by atoms with E-state index in [1.54, 1.807) is 17.7 Å². The van der Waals surface area contributed by atoms with Gasteiger partial charge in [-0.05, 0) is 36.5 Å². The smallest absolute Gasteiger partial charge is 0.328 e. The molecule has 4 aromatic rings. The number of carbonyl (C=O) groups is 1. The summed E-state index contributed by atoms with van der Waals surface area (Å²) < 4.78 is 5.08. The van der Waals surface area contributed by atoms with Crippen LogP contribution >= 0.6 is 11.3 Å². The Morgan fingerprint density at radius 1 is 1.32 bits per heavy atom. The molecule has 7 heteroatoms. The van der Waals surface area contributed by atoms with E-state index >= 15 is 0 Å². The Labute approximate surface area is 166 Å². The maximum Gasteiger partial charge on any atom is 0.328 e. The van der Waals surface area contributed by atoms with Gasteiger partial charge < -0.3 is 15.0 Å². The molecule has 1 aliphatic rings. The second-order valence-corrected chi connectivity index (χ2v) is 8.13. The molecule has 3 aromatic heterocycles. The molecule has 0 saturated heterocycles. The number of benzene rings is 1. The van der Waals surface area contributed by atoms with Crippen LogP contribution < -0.4 is 5.32 Å². The average molecular weight is 392 g/mol. The quantitative estimate of drug-likeness (QED) is 0.504. The van der Waals surface area contributed by atoms with Crippen molar-refractivity contribution in [3.8, 4) is 0 Å². The van der Waals surface area contributed by atoms with Gasteiger partial charge in [-0.1, -0.05) is 18.2 Å². The Bertz CT molecular complexity index is 1180. The van der Waals surface area contributed by atoms with Gasteiger partial charge in [0.15, 0.2) is 0 Å². The molecule has 0 fully saturated rings. The number of nitrogens with one attached hydrogen (secondary N) is 2. The van der Waals surface area contributed by atoms with Gasteiger partial charge in [0.1, 0.15) is 23.0 Å². The number of nitrogens with zero attached hydrogens (tertiary/aromatic N) is 2. The summed E-state index contributed by atoms with van der Waals surface area (Å²) in [5, 5.41) is 5.53. The predicted molar refractivity (Wildman–Crippen MR) is 111 cm³/mol. The number of anilines is 1. The number of carbonyl (C=O) groups excluding carboxylic acids is 1. The second kappa shape index (κ2) is 6.91. The maximum atomic E-state index is 12.6. The summed E-state index contributed by atoms with van der Waals surface area (Å²) in [6.45, 7) is 0. The number of rotatable bonds is 5. The van der Waals surface area contributed by atoms with Gasteiger partial charge in [-0.25, -0.2) is 14.8 Å². The number of para-hydroxylation sites is 1. The molecule has 2 N–H and O–H groups in total. The molecule has 5 rings (SSSR count). The molecule has 3 heterocycles. The van der Waals surface area contributed by atoms with Crippen molar-refractivity contribution in [3.63, 3.8) is 0 Å². The Morgan fingerprint density at radius 3 is 3.11 bits per heavy atom. The summed E-state index contributed by atoms with van der Waals surface area (Å²) in [5.74, 6) is 0.420. The van der Waals surface area contributed by atoms with E-state index in [9.17, 15) is 4.79 Å². The molecule has 0 spiro atoms. The van der Waals surface area contributed by atoms with E-state index in [1.807, 2.05) is 24.4 Å². The van der Waals surface area contributed by atoms with E-state index < -0.39 is 6.04 Å². The molecule has 0 unspecified atom stereocenters. The lowest BCUT2D eigenvalue weighted by atomic mass is 10.0. The first-order chi connectivity index (χ1) is 13.7. The zero-order valence-electron chi connectivity index (χ0n) is 15.5. The average Bonchev–Trinajstić information content (AvgIpc) is 3.41. The van der Waals surface area contributed by atoms with Gasteiger partial charge >= 0.3 is 5.97 Å². The second-order valence-electron chi connectivity index (χ2n) is 7.04. The highest BCUT2D eigenvalue weighted by Gasteiger charge is 2.26. The molecule has 6 nitrogen and oxygen atoms in total. The monoisotopic (exact) mass is 392 g/mol. The standard InChI is InChI=1S/C21H20N4O2S/c1-27-21(26)16(9-12-10-22-15-7-3-2-5-13(12)15)25-19-18-14-6-4-8-17(14)28-20(18)24-11-23-19/h2-3,5,7,10-11,16,22H,4,6,8-9H2,1H3,(H,23,24,25)/t16-/m1/s1. The number of fused-ring (bicyclic) bond motifs is 4. The molecule has 0 radical (unpaired) electrons. The first kappa shape index (κ1) is 17.2. The molecule has 28 heavy (non-hydrogen) atoms. The Morgan fingerprint density at radius 2 is 2.21 bits per heavy atom. The van der Waals surface area contributed by atoms with Crippen LogP contribution in [0.15, 0.2) is 36.8 Å². The van der Waals surface area contributed by atoms with Crippen molar-refractivity contribution in [2.75, 3.05) is 12.4 Å². The summed E-state index contributed by atoms with van der Waals surface area (Å²) in [6.07, 6.45) is 7.35. The zero-order valence-corrected chi connectivity index (χ0v) is 16.3. The minimum absolute atomic E-state index is 0.302. The number of aromatic nitrogens is 3. The number of aromatic amines is 1. The Kier molecular flexibility index (Phi) is 4.24. The zero-order chi connectivity index (χ0) is 19.1. The van der Waals surface area contributed by atoms with Crippen molar-refractivity contribution in [3.05, 3.63) is 52.8 Å². The molecule has 142 valence electrons. The van der Waals surface area contributed by atoms with Crippen LogP contribution in [0.2, 0.25) is 0 Å². The topological polar surface area (TPSA) is 79.9 Å². The fourth-order valence-corrected chi connectivity index (χ4v) is 5.29. The van der Waals surface area contributed by atoms with E-state index in [2.05, 4.69) is 26.3 Å². The van der Waals surface area contributed by atoms with Crippen LogP contribution in [0.3, 0.4) is 0 Å².